The number of hydrogen-bond acceptors (Lipinski definition) is 6. The summed E-state index contributed by atoms with van der Waals surface area (Å²) < 4.78 is 14.1. The van der Waals surface area contributed by atoms with Gasteiger partial charge in [0.1, 0.15) is 6.10 Å². The van der Waals surface area contributed by atoms with Gasteiger partial charge in [0.25, 0.3) is 5.91 Å². The molecule has 0 saturated heterocycles. The van der Waals surface area contributed by atoms with E-state index in [4.69, 9.17) is 14.5 Å². The zero-order valence-corrected chi connectivity index (χ0v) is 20.3. The topological polar surface area (TPSA) is 54.9 Å². The lowest BCUT2D eigenvalue weighted by atomic mass is 10.1. The molecule has 2 aromatic carbocycles. The van der Waals surface area contributed by atoms with Crippen LogP contribution in [0.25, 0.3) is 10.2 Å². The van der Waals surface area contributed by atoms with Gasteiger partial charge >= 0.3 is 0 Å². The molecule has 0 radical (unpaired) electrons. The summed E-state index contributed by atoms with van der Waals surface area (Å²) in [6.45, 7) is 9.28. The summed E-state index contributed by atoms with van der Waals surface area (Å²) in [5, 5.41) is 0.680. The van der Waals surface area contributed by atoms with Crippen molar-refractivity contribution in [2.24, 2.45) is 0 Å². The first-order valence-electron chi connectivity index (χ1n) is 10.5. The average Bonchev–Trinajstić information content (AvgIpc) is 3.18. The molecule has 3 aromatic rings. The molecule has 0 N–H and O–H groups in total. The zero-order chi connectivity index (χ0) is 22.0. The van der Waals surface area contributed by atoms with E-state index in [1.165, 1.54) is 11.3 Å². The number of thiazole rings is 1. The van der Waals surface area contributed by atoms with Crippen LogP contribution in [-0.2, 0) is 4.79 Å². The molecule has 6 nitrogen and oxygen atoms in total. The second-order valence-electron chi connectivity index (χ2n) is 7.43. The van der Waals surface area contributed by atoms with Gasteiger partial charge in [-0.05, 0) is 50.3 Å². The van der Waals surface area contributed by atoms with Crippen molar-refractivity contribution < 1.29 is 14.3 Å². The molecule has 8 heteroatoms. The molecule has 0 bridgehead atoms. The van der Waals surface area contributed by atoms with E-state index in [0.717, 1.165) is 34.3 Å². The van der Waals surface area contributed by atoms with E-state index >= 15 is 0 Å². The maximum atomic E-state index is 13.7. The number of ether oxygens (including phenoxy) is 2. The number of hydrogen-bond donors (Lipinski definition) is 0. The number of halogens is 1. The number of rotatable bonds is 7. The number of likely N-dealkylation sites (N-methyl/N-ethyl adjacent to an activating group) is 1. The van der Waals surface area contributed by atoms with E-state index in [9.17, 15) is 4.79 Å². The molecule has 0 saturated carbocycles. The first-order valence-corrected chi connectivity index (χ1v) is 12.1. The molecule has 1 amide bonds. The number of carbonyl (C=O) groups is 1. The van der Waals surface area contributed by atoms with Gasteiger partial charge in [0.15, 0.2) is 16.6 Å². The van der Waals surface area contributed by atoms with Gasteiger partial charge in [-0.25, -0.2) is 4.98 Å². The monoisotopic (exact) mass is 503 g/mol. The lowest BCUT2D eigenvalue weighted by molar-refractivity contribution is -0.130. The van der Waals surface area contributed by atoms with E-state index < -0.39 is 12.2 Å². The van der Waals surface area contributed by atoms with Crippen LogP contribution < -0.4 is 14.4 Å². The fourth-order valence-electron chi connectivity index (χ4n) is 3.63. The van der Waals surface area contributed by atoms with Crippen LogP contribution in [0.2, 0.25) is 0 Å². The number of nitrogens with zero attached hydrogens (tertiary/aromatic N) is 3. The molecule has 164 valence electrons. The van der Waals surface area contributed by atoms with Gasteiger partial charge < -0.3 is 14.4 Å². The Morgan fingerprint density at radius 1 is 1.10 bits per heavy atom. The van der Waals surface area contributed by atoms with Gasteiger partial charge in [0, 0.05) is 17.6 Å². The summed E-state index contributed by atoms with van der Waals surface area (Å²) in [5.74, 6) is 1.13. The summed E-state index contributed by atoms with van der Waals surface area (Å²) in [6, 6.07) is 13.4. The van der Waals surface area contributed by atoms with Crippen molar-refractivity contribution in [2.45, 2.75) is 33.0 Å². The Balaban J connectivity index is 1.65. The Morgan fingerprint density at radius 3 is 2.52 bits per heavy atom. The van der Waals surface area contributed by atoms with Crippen LogP contribution in [0, 0.1) is 0 Å². The largest absolute Gasteiger partial charge is 0.482 e. The summed E-state index contributed by atoms with van der Waals surface area (Å²) in [6.07, 6.45) is -1.13. The second-order valence-corrected chi connectivity index (χ2v) is 9.36. The highest BCUT2D eigenvalue weighted by molar-refractivity contribution is 9.10. The lowest BCUT2D eigenvalue weighted by Gasteiger charge is -2.34. The number of amides is 1. The van der Waals surface area contributed by atoms with E-state index in [1.54, 1.807) is 4.90 Å². The minimum absolute atomic E-state index is 0.132. The van der Waals surface area contributed by atoms with E-state index in [-0.39, 0.29) is 5.91 Å². The summed E-state index contributed by atoms with van der Waals surface area (Å²) in [4.78, 5) is 22.5. The SMILES string of the molecule is CCN(CC)CCN(C(=O)C1Oc2ccccc2OC1C)c1nc2ccc(Br)cc2s1. The van der Waals surface area contributed by atoms with Crippen molar-refractivity contribution in [2.75, 3.05) is 31.1 Å². The van der Waals surface area contributed by atoms with Crippen LogP contribution >= 0.6 is 27.3 Å². The van der Waals surface area contributed by atoms with Crippen LogP contribution in [0.5, 0.6) is 11.5 Å². The quantitative estimate of drug-likeness (QED) is 0.455. The molecule has 0 aliphatic carbocycles. The lowest BCUT2D eigenvalue weighted by Crippen LogP contribution is -2.52. The Kier molecular flexibility index (Phi) is 6.79. The molecule has 0 spiro atoms. The maximum absolute atomic E-state index is 13.7. The molecule has 1 aromatic heterocycles. The molecule has 2 atom stereocenters. The van der Waals surface area contributed by atoms with Crippen molar-refractivity contribution in [3.05, 3.63) is 46.9 Å². The number of carbonyl (C=O) groups excluding carboxylic acids is 1. The van der Waals surface area contributed by atoms with Crippen LogP contribution in [0.4, 0.5) is 5.13 Å². The maximum Gasteiger partial charge on any atom is 0.273 e. The molecule has 1 aliphatic heterocycles. The minimum atomic E-state index is -0.731. The highest BCUT2D eigenvalue weighted by atomic mass is 79.9. The first kappa shape index (κ1) is 22.0. The second kappa shape index (κ2) is 9.54. The number of anilines is 1. The van der Waals surface area contributed by atoms with Gasteiger partial charge in [-0.2, -0.15) is 0 Å². The van der Waals surface area contributed by atoms with Crippen molar-refractivity contribution in [3.8, 4) is 11.5 Å². The van der Waals surface area contributed by atoms with E-state index in [1.807, 2.05) is 49.4 Å². The van der Waals surface area contributed by atoms with Crippen molar-refractivity contribution in [1.82, 2.24) is 9.88 Å². The number of fused-ring (bicyclic) bond motifs is 2. The minimum Gasteiger partial charge on any atom is -0.482 e. The normalized spacial score (nSPS) is 17.8. The molecular formula is C23H26BrN3O3S. The fraction of sp³-hybridized carbons (Fsp3) is 0.391. The molecule has 2 unspecified atom stereocenters. The summed E-state index contributed by atoms with van der Waals surface area (Å²) in [7, 11) is 0. The summed E-state index contributed by atoms with van der Waals surface area (Å²) in [5.41, 5.74) is 0.878. The molecule has 4 rings (SSSR count). The third kappa shape index (κ3) is 4.71. The fourth-order valence-corrected chi connectivity index (χ4v) is 5.18. The van der Waals surface area contributed by atoms with Crippen LogP contribution in [0.3, 0.4) is 0 Å². The van der Waals surface area contributed by atoms with E-state index in [2.05, 4.69) is 34.7 Å². The van der Waals surface area contributed by atoms with Crippen molar-refractivity contribution >= 4 is 48.5 Å². The number of benzene rings is 2. The van der Waals surface area contributed by atoms with Gasteiger partial charge in [0.05, 0.1) is 10.2 Å². The van der Waals surface area contributed by atoms with Gasteiger partial charge in [-0.1, -0.05) is 53.2 Å². The standard InChI is InChI=1S/C23H26BrN3O3S/c1-4-26(5-2)12-13-27(23-25-17-11-10-16(24)14-20(17)31-23)22(28)21-15(3)29-18-8-6-7-9-19(18)30-21/h6-11,14-15,21H,4-5,12-13H2,1-3H3. The average molecular weight is 504 g/mol. The Hall–Kier alpha value is -2.16. The Morgan fingerprint density at radius 2 is 1.81 bits per heavy atom. The molecule has 2 heterocycles. The first-order chi connectivity index (χ1) is 15.0. The van der Waals surface area contributed by atoms with Crippen LogP contribution in [0.15, 0.2) is 46.9 Å². The van der Waals surface area contributed by atoms with E-state index in [0.29, 0.717) is 23.2 Å². The molecule has 31 heavy (non-hydrogen) atoms. The molecule has 1 aliphatic rings. The van der Waals surface area contributed by atoms with Gasteiger partial charge in [-0.15, -0.1) is 0 Å². The van der Waals surface area contributed by atoms with Gasteiger partial charge in [0.2, 0.25) is 6.10 Å². The third-order valence-electron chi connectivity index (χ3n) is 5.46. The Labute approximate surface area is 194 Å². The summed E-state index contributed by atoms with van der Waals surface area (Å²) >= 11 is 5.03. The van der Waals surface area contributed by atoms with Crippen molar-refractivity contribution in [1.29, 1.82) is 0 Å². The number of para-hydroxylation sites is 2. The van der Waals surface area contributed by atoms with Gasteiger partial charge in [-0.3, -0.25) is 9.69 Å². The van der Waals surface area contributed by atoms with Crippen LogP contribution in [-0.4, -0.2) is 54.2 Å². The molecule has 0 fully saturated rings. The zero-order valence-electron chi connectivity index (χ0n) is 17.9. The predicted octanol–water partition coefficient (Wildman–Crippen LogP) is 4.96. The van der Waals surface area contributed by atoms with Crippen molar-refractivity contribution in [3.63, 3.8) is 0 Å². The molecular weight excluding hydrogens is 478 g/mol. The highest BCUT2D eigenvalue weighted by Gasteiger charge is 2.38. The predicted molar refractivity (Wildman–Crippen MR) is 128 cm³/mol. The highest BCUT2D eigenvalue weighted by Crippen LogP contribution is 2.36. The Bertz CT molecular complexity index is 1070. The third-order valence-corrected chi connectivity index (χ3v) is 6.99. The number of aromatic nitrogens is 1. The van der Waals surface area contributed by atoms with Crippen LogP contribution in [0.1, 0.15) is 20.8 Å². The smallest absolute Gasteiger partial charge is 0.273 e.